The Morgan fingerprint density at radius 3 is 2.68 bits per heavy atom. The zero-order chi connectivity index (χ0) is 14.3. The average molecular weight is 280 g/mol. The Morgan fingerprint density at radius 1 is 1.42 bits per heavy atom. The molecule has 0 radical (unpaired) electrons. The predicted octanol–water partition coefficient (Wildman–Crippen LogP) is 2.42. The van der Waals surface area contributed by atoms with Crippen molar-refractivity contribution in [3.63, 3.8) is 0 Å². The van der Waals surface area contributed by atoms with Crippen LogP contribution in [-0.4, -0.2) is 35.4 Å². The maximum Gasteiger partial charge on any atom is 0.239 e. The number of benzene rings is 1. The first-order valence-electron chi connectivity index (χ1n) is 6.68. The molecule has 4 heteroatoms. The topological polar surface area (TPSA) is 46.3 Å². The molecule has 2 N–H and O–H groups in total. The van der Waals surface area contributed by atoms with Gasteiger partial charge in [-0.1, -0.05) is 24.3 Å². The number of likely N-dealkylation sites (N-methyl/N-ethyl adjacent to an activating group) is 1. The fraction of sp³-hybridized carbons (Fsp3) is 0.533. The van der Waals surface area contributed by atoms with E-state index in [2.05, 4.69) is 19.1 Å². The quantitative estimate of drug-likeness (QED) is 0.834. The number of hydrogen-bond acceptors (Lipinski definition) is 3. The first kappa shape index (κ1) is 16.1. The predicted molar refractivity (Wildman–Crippen MR) is 83.2 cm³/mol. The molecule has 0 saturated carbocycles. The Bertz CT molecular complexity index is 409. The van der Waals surface area contributed by atoms with E-state index in [0.717, 1.165) is 12.2 Å². The summed E-state index contributed by atoms with van der Waals surface area (Å²) < 4.78 is 0. The van der Waals surface area contributed by atoms with Gasteiger partial charge in [0.05, 0.1) is 6.04 Å². The fourth-order valence-corrected chi connectivity index (χ4v) is 2.43. The van der Waals surface area contributed by atoms with Gasteiger partial charge in [0.2, 0.25) is 5.91 Å². The average Bonchev–Trinajstić information content (AvgIpc) is 2.43. The number of amides is 1. The molecule has 0 aliphatic carbocycles. The summed E-state index contributed by atoms with van der Waals surface area (Å²) in [6.45, 7) is 5.41. The molecule has 0 heterocycles. The van der Waals surface area contributed by atoms with Crippen LogP contribution in [0, 0.1) is 6.92 Å². The van der Waals surface area contributed by atoms with Gasteiger partial charge in [-0.3, -0.25) is 4.79 Å². The maximum absolute atomic E-state index is 12.3. The molecule has 19 heavy (non-hydrogen) atoms. The zero-order valence-electron chi connectivity index (χ0n) is 12.1. The summed E-state index contributed by atoms with van der Waals surface area (Å²) in [6, 6.07) is 7.78. The highest BCUT2D eigenvalue weighted by atomic mass is 32.2. The molecular formula is C15H24N2OS. The highest BCUT2D eigenvalue weighted by molar-refractivity contribution is 7.98. The minimum absolute atomic E-state index is 0.0554. The van der Waals surface area contributed by atoms with Crippen LogP contribution in [0.25, 0.3) is 0 Å². The van der Waals surface area contributed by atoms with Crippen LogP contribution in [-0.2, 0) is 11.3 Å². The number of carbonyl (C=O) groups is 1. The minimum atomic E-state index is -0.378. The van der Waals surface area contributed by atoms with Crippen LogP contribution >= 0.6 is 11.8 Å². The summed E-state index contributed by atoms with van der Waals surface area (Å²) in [6.07, 6.45) is 2.77. The number of aryl methyl sites for hydroxylation is 1. The zero-order valence-corrected chi connectivity index (χ0v) is 12.9. The summed E-state index contributed by atoms with van der Waals surface area (Å²) in [5, 5.41) is 0. The highest BCUT2D eigenvalue weighted by Gasteiger charge is 2.19. The van der Waals surface area contributed by atoms with Gasteiger partial charge in [-0.15, -0.1) is 0 Å². The molecule has 1 amide bonds. The van der Waals surface area contributed by atoms with Crippen molar-refractivity contribution in [3.8, 4) is 0 Å². The molecule has 0 spiro atoms. The SMILES string of the molecule is CCN(Cc1ccccc1C)C(=O)[C@H](N)CCSC. The van der Waals surface area contributed by atoms with E-state index in [9.17, 15) is 4.79 Å². The molecule has 0 aromatic heterocycles. The van der Waals surface area contributed by atoms with Gasteiger partial charge in [-0.05, 0) is 43.4 Å². The van der Waals surface area contributed by atoms with Crippen LogP contribution in [0.5, 0.6) is 0 Å². The Morgan fingerprint density at radius 2 is 2.11 bits per heavy atom. The number of carbonyl (C=O) groups excluding carboxylic acids is 1. The molecule has 0 aliphatic rings. The third-order valence-corrected chi connectivity index (χ3v) is 3.91. The van der Waals surface area contributed by atoms with E-state index < -0.39 is 0 Å². The first-order chi connectivity index (χ1) is 9.10. The van der Waals surface area contributed by atoms with Crippen LogP contribution in [0.3, 0.4) is 0 Å². The fourth-order valence-electron chi connectivity index (χ4n) is 1.94. The second-order valence-corrected chi connectivity index (χ2v) is 5.65. The molecule has 1 aromatic carbocycles. The summed E-state index contributed by atoms with van der Waals surface area (Å²) >= 11 is 1.72. The van der Waals surface area contributed by atoms with Crippen LogP contribution in [0.2, 0.25) is 0 Å². The van der Waals surface area contributed by atoms with Crippen molar-refractivity contribution in [3.05, 3.63) is 35.4 Å². The summed E-state index contributed by atoms with van der Waals surface area (Å²) in [5.41, 5.74) is 8.37. The van der Waals surface area contributed by atoms with E-state index in [-0.39, 0.29) is 11.9 Å². The molecule has 0 fully saturated rings. The summed E-state index contributed by atoms with van der Waals surface area (Å²) in [4.78, 5) is 14.1. The Hall–Kier alpha value is -1.00. The van der Waals surface area contributed by atoms with E-state index in [1.807, 2.05) is 30.2 Å². The molecule has 1 atom stereocenters. The molecule has 0 aliphatic heterocycles. The number of thioether (sulfide) groups is 1. The summed E-state index contributed by atoms with van der Waals surface area (Å²) in [7, 11) is 0. The minimum Gasteiger partial charge on any atom is -0.337 e. The maximum atomic E-state index is 12.3. The Labute approximate surface area is 120 Å². The Balaban J connectivity index is 2.67. The number of nitrogens with zero attached hydrogens (tertiary/aromatic N) is 1. The lowest BCUT2D eigenvalue weighted by molar-refractivity contribution is -0.133. The van der Waals surface area contributed by atoms with Crippen molar-refractivity contribution < 1.29 is 4.79 Å². The van der Waals surface area contributed by atoms with Crippen molar-refractivity contribution in [2.75, 3.05) is 18.6 Å². The van der Waals surface area contributed by atoms with Crippen molar-refractivity contribution in [2.24, 2.45) is 5.73 Å². The van der Waals surface area contributed by atoms with Gasteiger partial charge in [-0.2, -0.15) is 11.8 Å². The first-order valence-corrected chi connectivity index (χ1v) is 8.07. The molecular weight excluding hydrogens is 256 g/mol. The molecule has 0 saturated heterocycles. The van der Waals surface area contributed by atoms with Crippen LogP contribution in [0.1, 0.15) is 24.5 Å². The van der Waals surface area contributed by atoms with Gasteiger partial charge in [-0.25, -0.2) is 0 Å². The summed E-state index contributed by atoms with van der Waals surface area (Å²) in [5.74, 6) is 0.981. The van der Waals surface area contributed by atoms with E-state index in [4.69, 9.17) is 5.73 Å². The Kier molecular flexibility index (Phi) is 6.95. The molecule has 1 rings (SSSR count). The van der Waals surface area contributed by atoms with Crippen molar-refractivity contribution in [1.29, 1.82) is 0 Å². The molecule has 3 nitrogen and oxygen atoms in total. The van der Waals surface area contributed by atoms with Crippen molar-refractivity contribution in [2.45, 2.75) is 32.9 Å². The van der Waals surface area contributed by atoms with Gasteiger partial charge in [0.25, 0.3) is 0 Å². The molecule has 1 aromatic rings. The van der Waals surface area contributed by atoms with Gasteiger partial charge < -0.3 is 10.6 Å². The van der Waals surface area contributed by atoms with Gasteiger partial charge >= 0.3 is 0 Å². The van der Waals surface area contributed by atoms with Gasteiger partial charge in [0.1, 0.15) is 0 Å². The monoisotopic (exact) mass is 280 g/mol. The molecule has 0 unspecified atom stereocenters. The largest absolute Gasteiger partial charge is 0.337 e. The highest BCUT2D eigenvalue weighted by Crippen LogP contribution is 2.12. The van der Waals surface area contributed by atoms with Crippen LogP contribution < -0.4 is 5.73 Å². The standard InChI is InChI=1S/C15H24N2OS/c1-4-17(15(18)14(16)9-10-19-3)11-13-8-6-5-7-12(13)2/h5-8,14H,4,9-11,16H2,1-3H3/t14-/m1/s1. The number of rotatable bonds is 7. The number of nitrogens with two attached hydrogens (primary N) is 1. The lowest BCUT2D eigenvalue weighted by Gasteiger charge is -2.25. The third kappa shape index (κ3) is 4.88. The van der Waals surface area contributed by atoms with Crippen LogP contribution in [0.4, 0.5) is 0 Å². The third-order valence-electron chi connectivity index (χ3n) is 3.27. The second kappa shape index (κ2) is 8.23. The van der Waals surface area contributed by atoms with E-state index in [1.165, 1.54) is 11.1 Å². The molecule has 0 bridgehead atoms. The lowest BCUT2D eigenvalue weighted by atomic mass is 10.1. The van der Waals surface area contributed by atoms with E-state index in [0.29, 0.717) is 13.1 Å². The molecule has 106 valence electrons. The number of hydrogen-bond donors (Lipinski definition) is 1. The second-order valence-electron chi connectivity index (χ2n) is 4.67. The van der Waals surface area contributed by atoms with Gasteiger partial charge in [0, 0.05) is 13.1 Å². The van der Waals surface area contributed by atoms with E-state index >= 15 is 0 Å². The van der Waals surface area contributed by atoms with Crippen LogP contribution in [0.15, 0.2) is 24.3 Å². The van der Waals surface area contributed by atoms with Crippen molar-refractivity contribution >= 4 is 17.7 Å². The normalized spacial score (nSPS) is 12.2. The van der Waals surface area contributed by atoms with E-state index in [1.54, 1.807) is 11.8 Å². The smallest absolute Gasteiger partial charge is 0.239 e. The van der Waals surface area contributed by atoms with Crippen molar-refractivity contribution in [1.82, 2.24) is 4.90 Å². The lowest BCUT2D eigenvalue weighted by Crippen LogP contribution is -2.43. The van der Waals surface area contributed by atoms with Gasteiger partial charge in [0.15, 0.2) is 0 Å².